The van der Waals surface area contributed by atoms with Crippen LogP contribution in [0.25, 0.3) is 27.6 Å². The maximum Gasteiger partial charge on any atom is 0.341 e. The first-order chi connectivity index (χ1) is 23.5. The predicted octanol–water partition coefficient (Wildman–Crippen LogP) is 8.29. The zero-order valence-corrected chi connectivity index (χ0v) is 28.3. The predicted molar refractivity (Wildman–Crippen MR) is 192 cm³/mol. The summed E-state index contributed by atoms with van der Waals surface area (Å²) >= 11 is 0. The Hall–Kier alpha value is -5.15. The second-order valence-electron chi connectivity index (χ2n) is 11.8. The van der Waals surface area contributed by atoms with Crippen molar-refractivity contribution < 1.29 is 38.5 Å². The quantitative estimate of drug-likeness (QED) is 0.0278. The maximum atomic E-state index is 12.9. The number of ether oxygens (including phenoxy) is 3. The minimum atomic E-state index is -0.976. The van der Waals surface area contributed by atoms with Gasteiger partial charge in [-0.3, -0.25) is 0 Å². The molecule has 3 aromatic rings. The third kappa shape index (κ3) is 11.5. The molecule has 0 radical (unpaired) electrons. The second-order valence-corrected chi connectivity index (χ2v) is 11.8. The van der Waals surface area contributed by atoms with E-state index in [0.29, 0.717) is 69.3 Å². The van der Waals surface area contributed by atoms with Crippen LogP contribution in [0.4, 0.5) is 0 Å². The van der Waals surface area contributed by atoms with Gasteiger partial charge in [-0.15, -0.1) is 0 Å². The molecule has 1 atom stereocenters. The van der Waals surface area contributed by atoms with E-state index < -0.39 is 17.9 Å². The summed E-state index contributed by atoms with van der Waals surface area (Å²) in [7, 11) is 0. The highest BCUT2D eigenvalue weighted by Crippen LogP contribution is 2.31. The molecule has 0 amide bonds. The Kier molecular flexibility index (Phi) is 14.9. The second kappa shape index (κ2) is 19.0. The zero-order valence-electron chi connectivity index (χ0n) is 28.3. The fraction of sp³-hybridized carbons (Fsp3) is 0.325. The highest BCUT2D eigenvalue weighted by molar-refractivity contribution is 6.15. The van der Waals surface area contributed by atoms with Gasteiger partial charge in [-0.25, -0.2) is 19.2 Å². The Bertz CT molecular complexity index is 1780. The molecule has 2 N–H and O–H groups in total. The van der Waals surface area contributed by atoms with E-state index in [9.17, 15) is 19.2 Å². The molecule has 9 nitrogen and oxygen atoms in total. The lowest BCUT2D eigenvalue weighted by Crippen LogP contribution is -2.16. The number of carboxylic acid groups (broad SMARTS) is 1. The number of rotatable bonds is 17. The van der Waals surface area contributed by atoms with Crippen molar-refractivity contribution in [2.75, 3.05) is 13.2 Å². The van der Waals surface area contributed by atoms with E-state index in [1.807, 2.05) is 56.3 Å². The van der Waals surface area contributed by atoms with E-state index in [1.165, 1.54) is 6.21 Å². The first-order valence-electron chi connectivity index (χ1n) is 16.5. The molecule has 1 unspecified atom stereocenters. The molecule has 1 fully saturated rings. The summed E-state index contributed by atoms with van der Waals surface area (Å²) in [6, 6.07) is 15.9. The monoisotopic (exact) mass is 667 g/mol. The molecule has 0 aliphatic carbocycles. The van der Waals surface area contributed by atoms with E-state index in [-0.39, 0.29) is 23.2 Å². The van der Waals surface area contributed by atoms with E-state index in [2.05, 4.69) is 25.8 Å². The number of carboxylic acids is 1. The molecular weight excluding hydrogens is 622 g/mol. The first-order valence-corrected chi connectivity index (χ1v) is 16.5. The number of carbonyl (C=O) groups excluding carboxylic acids is 3. The van der Waals surface area contributed by atoms with Crippen LogP contribution in [0.2, 0.25) is 0 Å². The van der Waals surface area contributed by atoms with Gasteiger partial charge in [-0.1, -0.05) is 82.5 Å². The molecule has 0 aromatic heterocycles. The summed E-state index contributed by atoms with van der Waals surface area (Å²) in [5, 5.41) is 20.5. The van der Waals surface area contributed by atoms with Crippen LogP contribution in [0.5, 0.6) is 0 Å². The van der Waals surface area contributed by atoms with E-state index in [0.717, 1.165) is 39.1 Å². The molecule has 0 spiro atoms. The van der Waals surface area contributed by atoms with Crippen LogP contribution in [0, 0.1) is 5.41 Å². The Morgan fingerprint density at radius 3 is 2.27 bits per heavy atom. The number of esters is 3. The van der Waals surface area contributed by atoms with Gasteiger partial charge in [0.25, 0.3) is 0 Å². The first kappa shape index (κ1) is 38.3. The molecule has 9 heteroatoms. The smallest absolute Gasteiger partial charge is 0.341 e. The Labute approximate surface area is 287 Å². The molecule has 1 aliphatic rings. The van der Waals surface area contributed by atoms with Crippen LogP contribution in [0.15, 0.2) is 90.6 Å². The minimum Gasteiger partial charge on any atom is -0.478 e. The van der Waals surface area contributed by atoms with Crippen molar-refractivity contribution in [3.63, 3.8) is 0 Å². The summed E-state index contributed by atoms with van der Waals surface area (Å²) in [4.78, 5) is 46.8. The van der Waals surface area contributed by atoms with Crippen molar-refractivity contribution in [3.8, 4) is 0 Å². The maximum absolute atomic E-state index is 12.9. The van der Waals surface area contributed by atoms with Crippen molar-refractivity contribution >= 4 is 57.7 Å². The van der Waals surface area contributed by atoms with Gasteiger partial charge in [-0.05, 0) is 84.2 Å². The molecule has 1 heterocycles. The topological polar surface area (TPSA) is 143 Å². The fourth-order valence-electron chi connectivity index (χ4n) is 5.00. The molecule has 49 heavy (non-hydrogen) atoms. The number of nitrogens with one attached hydrogen (secondary N) is 1. The molecule has 0 saturated carbocycles. The fourth-order valence-corrected chi connectivity index (χ4v) is 5.00. The van der Waals surface area contributed by atoms with Crippen LogP contribution >= 0.6 is 0 Å². The molecule has 4 rings (SSSR count). The number of aliphatic carboxylic acids is 1. The summed E-state index contributed by atoms with van der Waals surface area (Å²) in [5.74, 6) is -2.69. The van der Waals surface area contributed by atoms with Crippen LogP contribution in [-0.2, 0) is 33.4 Å². The SMILES string of the molecule is C=C(CCC1CO1)C(=O)OC(=O)C(=Cc1cccc2cc3ccccc3c(C=N)c12)CCC.C=C(CCCCOC(=O)C(=C)CC)C(=O)O. The van der Waals surface area contributed by atoms with Crippen molar-refractivity contribution in [2.45, 2.75) is 71.3 Å². The van der Waals surface area contributed by atoms with E-state index in [1.54, 1.807) is 6.08 Å². The van der Waals surface area contributed by atoms with Crippen molar-refractivity contribution in [2.24, 2.45) is 0 Å². The molecule has 1 aliphatic heterocycles. The summed E-state index contributed by atoms with van der Waals surface area (Å²) in [5.41, 5.74) is 2.94. The number of benzene rings is 3. The lowest BCUT2D eigenvalue weighted by Gasteiger charge is -2.12. The number of fused-ring (bicyclic) bond motifs is 2. The average Bonchev–Trinajstić information content (AvgIpc) is 3.93. The molecule has 3 aromatic carbocycles. The summed E-state index contributed by atoms with van der Waals surface area (Å²) < 4.78 is 15.2. The largest absolute Gasteiger partial charge is 0.478 e. The van der Waals surface area contributed by atoms with Gasteiger partial charge in [0, 0.05) is 34.1 Å². The van der Waals surface area contributed by atoms with Crippen LogP contribution in [0.3, 0.4) is 0 Å². The lowest BCUT2D eigenvalue weighted by molar-refractivity contribution is -0.154. The average molecular weight is 668 g/mol. The normalized spacial score (nSPS) is 13.5. The number of hydrogen-bond donors (Lipinski definition) is 2. The molecule has 0 bridgehead atoms. The summed E-state index contributed by atoms with van der Waals surface area (Å²) in [6.07, 6.45) is 7.95. The third-order valence-electron chi connectivity index (χ3n) is 7.98. The highest BCUT2D eigenvalue weighted by Gasteiger charge is 2.24. The number of carbonyl (C=O) groups is 4. The van der Waals surface area contributed by atoms with E-state index >= 15 is 0 Å². The van der Waals surface area contributed by atoms with Crippen LogP contribution < -0.4 is 0 Å². The Balaban J connectivity index is 0.000000345. The number of hydrogen-bond acceptors (Lipinski definition) is 8. The lowest BCUT2D eigenvalue weighted by atomic mass is 9.93. The van der Waals surface area contributed by atoms with Gasteiger partial charge in [0.15, 0.2) is 0 Å². The van der Waals surface area contributed by atoms with Crippen molar-refractivity contribution in [3.05, 3.63) is 102 Å². The van der Waals surface area contributed by atoms with E-state index in [4.69, 9.17) is 24.7 Å². The number of unbranched alkanes of at least 4 members (excludes halogenated alkanes) is 1. The number of epoxide rings is 1. The van der Waals surface area contributed by atoms with Gasteiger partial charge in [0.1, 0.15) is 0 Å². The van der Waals surface area contributed by atoms with Gasteiger partial charge in [0.2, 0.25) is 0 Å². The third-order valence-corrected chi connectivity index (χ3v) is 7.98. The Morgan fingerprint density at radius 2 is 1.61 bits per heavy atom. The minimum absolute atomic E-state index is 0.185. The summed E-state index contributed by atoms with van der Waals surface area (Å²) in [6.45, 7) is 15.5. The molecule has 258 valence electrons. The van der Waals surface area contributed by atoms with Gasteiger partial charge in [0.05, 0.1) is 19.3 Å². The molecule has 1 saturated heterocycles. The van der Waals surface area contributed by atoms with Crippen molar-refractivity contribution in [1.82, 2.24) is 0 Å². The van der Waals surface area contributed by atoms with Gasteiger partial charge >= 0.3 is 23.9 Å². The van der Waals surface area contributed by atoms with Crippen LogP contribution in [0.1, 0.15) is 76.3 Å². The highest BCUT2D eigenvalue weighted by atomic mass is 16.6. The van der Waals surface area contributed by atoms with Crippen molar-refractivity contribution in [1.29, 1.82) is 5.41 Å². The zero-order chi connectivity index (χ0) is 35.9. The van der Waals surface area contributed by atoms with Gasteiger partial charge in [-0.2, -0.15) is 0 Å². The van der Waals surface area contributed by atoms with Gasteiger partial charge < -0.3 is 24.7 Å². The Morgan fingerprint density at radius 1 is 0.898 bits per heavy atom. The molecular formula is C40H45NO8. The standard InChI is InChI=1S/C28H27NO4.C12H18O4/c1-3-7-22(28(31)33-27(30)18(2)12-13-23-17-32-23)15-21-10-6-9-20-14-19-8-4-5-11-24(19)25(16-29)26(20)21;1-4-9(2)12(15)16-8-6-5-7-10(3)11(13)14/h4-6,8-11,14-16,23,29H,2-3,7,12-13,17H2,1H3;2-8H2,1H3,(H,13,14). The van der Waals surface area contributed by atoms with Crippen LogP contribution in [-0.4, -0.2) is 54.5 Å².